The molecular weight excluding hydrogens is 310 g/mol. The molecule has 1 aromatic heterocycles. The molecule has 1 amide bonds. The molecule has 0 N–H and O–H groups in total. The van der Waals surface area contributed by atoms with Crippen LogP contribution in [0.25, 0.3) is 0 Å². The van der Waals surface area contributed by atoms with Crippen molar-refractivity contribution < 1.29 is 4.79 Å². The Hall–Kier alpha value is -0.970. The maximum absolute atomic E-state index is 12.6. The molecule has 0 radical (unpaired) electrons. The minimum Gasteiger partial charge on any atom is -0.321 e. The molecular formula is C15H14ClNOS2. The lowest BCUT2D eigenvalue weighted by Crippen LogP contribution is -2.30. The number of hydrogen-bond acceptors (Lipinski definition) is 3. The average molecular weight is 324 g/mol. The van der Waals surface area contributed by atoms with Gasteiger partial charge in [0.25, 0.3) is 5.91 Å². The summed E-state index contributed by atoms with van der Waals surface area (Å²) in [5.41, 5.74) is 0.704. The van der Waals surface area contributed by atoms with Crippen LogP contribution in [-0.4, -0.2) is 23.1 Å². The van der Waals surface area contributed by atoms with E-state index in [9.17, 15) is 4.79 Å². The smallest absolute Gasteiger partial charge is 0.255 e. The zero-order chi connectivity index (χ0) is 14.1. The summed E-state index contributed by atoms with van der Waals surface area (Å²) in [5, 5.41) is 0.805. The largest absolute Gasteiger partial charge is 0.321 e. The SMILES string of the molecule is Cc1ccc(C2SCCN2C(=O)c2ccc(Cl)cc2)s1. The molecule has 1 saturated heterocycles. The van der Waals surface area contributed by atoms with Gasteiger partial charge in [0, 0.05) is 32.6 Å². The van der Waals surface area contributed by atoms with Crippen molar-refractivity contribution in [1.29, 1.82) is 0 Å². The fraction of sp³-hybridized carbons (Fsp3) is 0.267. The van der Waals surface area contributed by atoms with Crippen LogP contribution in [0, 0.1) is 6.92 Å². The standard InChI is InChI=1S/C15H14ClNOS2/c1-10-2-7-13(20-10)15-17(8-9-19-15)14(18)11-3-5-12(16)6-4-11/h2-7,15H,8-9H2,1H3. The number of thioether (sulfide) groups is 1. The lowest BCUT2D eigenvalue weighted by atomic mass is 10.2. The number of aryl methyl sites for hydroxylation is 1. The number of benzene rings is 1. The second-order valence-corrected chi connectivity index (χ2v) is 7.62. The first-order valence-electron chi connectivity index (χ1n) is 6.39. The number of carbonyl (C=O) groups is 1. The van der Waals surface area contributed by atoms with Crippen molar-refractivity contribution >= 4 is 40.6 Å². The normalized spacial score (nSPS) is 18.5. The van der Waals surface area contributed by atoms with Gasteiger partial charge < -0.3 is 4.90 Å². The molecule has 0 bridgehead atoms. The van der Waals surface area contributed by atoms with Gasteiger partial charge in [0.2, 0.25) is 0 Å². The van der Waals surface area contributed by atoms with E-state index in [0.717, 1.165) is 12.3 Å². The van der Waals surface area contributed by atoms with Crippen LogP contribution in [0.5, 0.6) is 0 Å². The number of hydrogen-bond donors (Lipinski definition) is 0. The van der Waals surface area contributed by atoms with E-state index >= 15 is 0 Å². The van der Waals surface area contributed by atoms with Crippen LogP contribution in [0.1, 0.15) is 25.5 Å². The van der Waals surface area contributed by atoms with Crippen molar-refractivity contribution in [3.8, 4) is 0 Å². The van der Waals surface area contributed by atoms with Crippen molar-refractivity contribution in [3.63, 3.8) is 0 Å². The maximum Gasteiger partial charge on any atom is 0.255 e. The summed E-state index contributed by atoms with van der Waals surface area (Å²) in [7, 11) is 0. The van der Waals surface area contributed by atoms with Gasteiger partial charge in [-0.25, -0.2) is 0 Å². The molecule has 0 saturated carbocycles. The van der Waals surface area contributed by atoms with Crippen molar-refractivity contribution in [3.05, 3.63) is 56.7 Å². The molecule has 2 nitrogen and oxygen atoms in total. The van der Waals surface area contributed by atoms with Gasteiger partial charge in [-0.2, -0.15) is 0 Å². The van der Waals surface area contributed by atoms with Crippen molar-refractivity contribution in [2.75, 3.05) is 12.3 Å². The number of carbonyl (C=O) groups excluding carboxylic acids is 1. The van der Waals surface area contributed by atoms with Crippen LogP contribution in [0.2, 0.25) is 5.02 Å². The van der Waals surface area contributed by atoms with E-state index in [1.54, 1.807) is 35.6 Å². The third kappa shape index (κ3) is 2.73. The zero-order valence-electron chi connectivity index (χ0n) is 11.0. The fourth-order valence-electron chi connectivity index (χ4n) is 2.26. The Morgan fingerprint density at radius 3 is 2.65 bits per heavy atom. The van der Waals surface area contributed by atoms with E-state index in [1.807, 2.05) is 16.7 Å². The van der Waals surface area contributed by atoms with Crippen LogP contribution in [0.4, 0.5) is 0 Å². The van der Waals surface area contributed by atoms with E-state index in [4.69, 9.17) is 11.6 Å². The Kier molecular flexibility index (Phi) is 4.06. The highest BCUT2D eigenvalue weighted by atomic mass is 35.5. The summed E-state index contributed by atoms with van der Waals surface area (Å²) in [6, 6.07) is 11.4. The lowest BCUT2D eigenvalue weighted by molar-refractivity contribution is 0.0762. The lowest BCUT2D eigenvalue weighted by Gasteiger charge is -2.23. The molecule has 5 heteroatoms. The monoisotopic (exact) mass is 323 g/mol. The predicted molar refractivity (Wildman–Crippen MR) is 86.7 cm³/mol. The molecule has 2 aromatic rings. The van der Waals surface area contributed by atoms with Gasteiger partial charge in [0.05, 0.1) is 0 Å². The summed E-state index contributed by atoms with van der Waals surface area (Å²) >= 11 is 9.48. The molecule has 20 heavy (non-hydrogen) atoms. The van der Waals surface area contributed by atoms with Gasteiger partial charge in [-0.1, -0.05) is 11.6 Å². The van der Waals surface area contributed by atoms with Gasteiger partial charge in [0.15, 0.2) is 0 Å². The van der Waals surface area contributed by atoms with Crippen LogP contribution in [0.15, 0.2) is 36.4 Å². The fourth-order valence-corrected chi connectivity index (χ4v) is 4.75. The molecule has 1 unspecified atom stereocenters. The van der Waals surface area contributed by atoms with E-state index in [2.05, 4.69) is 19.1 Å². The third-order valence-corrected chi connectivity index (χ3v) is 5.94. The topological polar surface area (TPSA) is 20.3 Å². The molecule has 1 aromatic carbocycles. The minimum absolute atomic E-state index is 0.0859. The Morgan fingerprint density at radius 2 is 2.00 bits per heavy atom. The number of halogens is 1. The molecule has 1 aliphatic rings. The molecule has 0 spiro atoms. The first kappa shape index (κ1) is 14.0. The van der Waals surface area contributed by atoms with Crippen LogP contribution in [-0.2, 0) is 0 Å². The van der Waals surface area contributed by atoms with E-state index in [-0.39, 0.29) is 11.3 Å². The summed E-state index contributed by atoms with van der Waals surface area (Å²) in [4.78, 5) is 17.1. The first-order valence-corrected chi connectivity index (χ1v) is 8.64. The van der Waals surface area contributed by atoms with E-state index < -0.39 is 0 Å². The first-order chi connectivity index (χ1) is 9.65. The second kappa shape index (κ2) is 5.80. The Bertz CT molecular complexity index is 623. The maximum atomic E-state index is 12.6. The molecule has 104 valence electrons. The molecule has 1 fully saturated rings. The van der Waals surface area contributed by atoms with Gasteiger partial charge >= 0.3 is 0 Å². The van der Waals surface area contributed by atoms with E-state index in [1.165, 1.54) is 9.75 Å². The van der Waals surface area contributed by atoms with Crippen molar-refractivity contribution in [1.82, 2.24) is 4.90 Å². The number of amides is 1. The Morgan fingerprint density at radius 1 is 1.25 bits per heavy atom. The molecule has 1 atom stereocenters. The molecule has 3 rings (SSSR count). The quantitative estimate of drug-likeness (QED) is 0.805. The highest BCUT2D eigenvalue weighted by Gasteiger charge is 2.32. The zero-order valence-corrected chi connectivity index (χ0v) is 13.4. The van der Waals surface area contributed by atoms with Crippen LogP contribution >= 0.6 is 34.7 Å². The predicted octanol–water partition coefficient (Wildman–Crippen LogP) is 4.60. The summed E-state index contributed by atoms with van der Waals surface area (Å²) in [6.07, 6.45) is 0. The number of rotatable bonds is 2. The minimum atomic E-state index is 0.0859. The van der Waals surface area contributed by atoms with Crippen LogP contribution < -0.4 is 0 Å². The second-order valence-electron chi connectivity index (χ2n) is 4.68. The number of thiophene rings is 1. The van der Waals surface area contributed by atoms with Gasteiger partial charge in [-0.05, 0) is 43.3 Å². The summed E-state index contributed by atoms with van der Waals surface area (Å²) in [6.45, 7) is 2.90. The van der Waals surface area contributed by atoms with E-state index in [0.29, 0.717) is 10.6 Å². The Labute approximate surface area is 131 Å². The van der Waals surface area contributed by atoms with Crippen molar-refractivity contribution in [2.45, 2.75) is 12.3 Å². The van der Waals surface area contributed by atoms with Gasteiger partial charge in [-0.3, -0.25) is 4.79 Å². The Balaban J connectivity index is 1.85. The van der Waals surface area contributed by atoms with Gasteiger partial charge in [0.1, 0.15) is 5.37 Å². The summed E-state index contributed by atoms with van der Waals surface area (Å²) in [5.74, 6) is 1.07. The molecule has 1 aliphatic heterocycles. The highest BCUT2D eigenvalue weighted by molar-refractivity contribution is 7.99. The summed E-state index contributed by atoms with van der Waals surface area (Å²) < 4.78 is 0. The highest BCUT2D eigenvalue weighted by Crippen LogP contribution is 2.41. The van der Waals surface area contributed by atoms with Crippen molar-refractivity contribution in [2.24, 2.45) is 0 Å². The van der Waals surface area contributed by atoms with Crippen LogP contribution in [0.3, 0.4) is 0 Å². The third-order valence-electron chi connectivity index (χ3n) is 3.25. The molecule has 2 heterocycles. The average Bonchev–Trinajstić information content (AvgIpc) is 3.07. The van der Waals surface area contributed by atoms with Gasteiger partial charge in [-0.15, -0.1) is 23.1 Å². The number of nitrogens with zero attached hydrogens (tertiary/aromatic N) is 1. The molecule has 0 aliphatic carbocycles.